The molecule has 0 saturated carbocycles. The zero-order valence-electron chi connectivity index (χ0n) is 13.5. The third kappa shape index (κ3) is 5.48. The highest BCUT2D eigenvalue weighted by atomic mass is 16.1. The van der Waals surface area contributed by atoms with Crippen LogP contribution in [0.1, 0.15) is 15.9 Å². The minimum atomic E-state index is -0.413. The summed E-state index contributed by atoms with van der Waals surface area (Å²) in [6, 6.07) is 18.2. The quantitative estimate of drug-likeness (QED) is 0.350. The monoisotopic (exact) mass is 334 g/mol. The Bertz CT molecular complexity index is 806. The van der Waals surface area contributed by atoms with Crippen molar-refractivity contribution in [3.63, 3.8) is 0 Å². The standard InChI is InChI=1S/C18H18N6O/c19-12-16(17(20)21)24-23-15-8-6-14(7-9-15)18(25)22-11-10-13-4-2-1-3-5-13/h1-9,23H,10-11H2,(H3,20,21)(H,22,25)/b24-16+. The Morgan fingerprint density at radius 2 is 1.84 bits per heavy atom. The van der Waals surface area contributed by atoms with Crippen LogP contribution >= 0.6 is 0 Å². The number of carbonyl (C=O) groups excluding carboxylic acids is 1. The van der Waals surface area contributed by atoms with Crippen molar-refractivity contribution in [1.29, 1.82) is 10.7 Å². The molecule has 2 rings (SSSR count). The number of benzene rings is 2. The van der Waals surface area contributed by atoms with Gasteiger partial charge in [-0.2, -0.15) is 10.4 Å². The van der Waals surface area contributed by atoms with E-state index in [0.29, 0.717) is 17.8 Å². The molecule has 25 heavy (non-hydrogen) atoms. The zero-order chi connectivity index (χ0) is 18.1. The molecular weight excluding hydrogens is 316 g/mol. The lowest BCUT2D eigenvalue weighted by Gasteiger charge is -2.06. The van der Waals surface area contributed by atoms with Gasteiger partial charge in [0.2, 0.25) is 5.71 Å². The number of hydrogen-bond acceptors (Lipinski definition) is 5. The Morgan fingerprint density at radius 1 is 1.16 bits per heavy atom. The van der Waals surface area contributed by atoms with Crippen LogP contribution < -0.4 is 16.5 Å². The predicted molar refractivity (Wildman–Crippen MR) is 97.5 cm³/mol. The molecule has 0 aromatic heterocycles. The van der Waals surface area contributed by atoms with Crippen molar-refractivity contribution < 1.29 is 4.79 Å². The third-order valence-electron chi connectivity index (χ3n) is 3.35. The summed E-state index contributed by atoms with van der Waals surface area (Å²) in [5.74, 6) is -0.572. The number of nitriles is 1. The number of amidine groups is 1. The summed E-state index contributed by atoms with van der Waals surface area (Å²) < 4.78 is 0. The molecule has 0 unspecified atom stereocenters. The lowest BCUT2D eigenvalue weighted by Crippen LogP contribution is -2.25. The molecule has 0 aliphatic heterocycles. The molecule has 5 N–H and O–H groups in total. The summed E-state index contributed by atoms with van der Waals surface area (Å²) in [5, 5.41) is 22.5. The number of anilines is 1. The van der Waals surface area contributed by atoms with Gasteiger partial charge < -0.3 is 11.1 Å². The molecule has 0 aliphatic carbocycles. The maximum atomic E-state index is 12.1. The molecule has 0 spiro atoms. The van der Waals surface area contributed by atoms with Crippen LogP contribution in [0, 0.1) is 16.7 Å². The van der Waals surface area contributed by atoms with Gasteiger partial charge in [-0.15, -0.1) is 0 Å². The van der Waals surface area contributed by atoms with E-state index in [4.69, 9.17) is 16.4 Å². The maximum absolute atomic E-state index is 12.1. The van der Waals surface area contributed by atoms with Crippen molar-refractivity contribution in [2.75, 3.05) is 12.0 Å². The van der Waals surface area contributed by atoms with Gasteiger partial charge in [-0.1, -0.05) is 30.3 Å². The maximum Gasteiger partial charge on any atom is 0.251 e. The van der Waals surface area contributed by atoms with Crippen LogP contribution in [0.4, 0.5) is 5.69 Å². The van der Waals surface area contributed by atoms with Gasteiger partial charge >= 0.3 is 0 Å². The van der Waals surface area contributed by atoms with E-state index in [2.05, 4.69) is 15.8 Å². The van der Waals surface area contributed by atoms with E-state index in [-0.39, 0.29) is 11.6 Å². The molecule has 0 fully saturated rings. The third-order valence-corrected chi connectivity index (χ3v) is 3.35. The summed E-state index contributed by atoms with van der Waals surface area (Å²) in [7, 11) is 0. The van der Waals surface area contributed by atoms with Gasteiger partial charge in [-0.05, 0) is 36.2 Å². The van der Waals surface area contributed by atoms with Crippen LogP contribution in [-0.2, 0) is 6.42 Å². The Balaban J connectivity index is 1.87. The highest BCUT2D eigenvalue weighted by Crippen LogP contribution is 2.09. The predicted octanol–water partition coefficient (Wildman–Crippen LogP) is 1.89. The fourth-order valence-electron chi connectivity index (χ4n) is 2.03. The first-order valence-corrected chi connectivity index (χ1v) is 7.60. The van der Waals surface area contributed by atoms with E-state index < -0.39 is 5.84 Å². The molecule has 7 nitrogen and oxygen atoms in total. The number of hydrazone groups is 1. The number of nitrogens with two attached hydrogens (primary N) is 1. The fourth-order valence-corrected chi connectivity index (χ4v) is 2.03. The number of nitrogens with zero attached hydrogens (tertiary/aromatic N) is 2. The summed E-state index contributed by atoms with van der Waals surface area (Å²) >= 11 is 0. The normalized spacial score (nSPS) is 10.6. The van der Waals surface area contributed by atoms with E-state index in [1.807, 2.05) is 30.3 Å². The number of rotatable bonds is 7. The van der Waals surface area contributed by atoms with Crippen molar-refractivity contribution in [2.45, 2.75) is 6.42 Å². The number of carbonyl (C=O) groups is 1. The van der Waals surface area contributed by atoms with Gasteiger partial charge in [0.15, 0.2) is 5.84 Å². The lowest BCUT2D eigenvalue weighted by molar-refractivity contribution is 0.0954. The van der Waals surface area contributed by atoms with Crippen LogP contribution in [-0.4, -0.2) is 24.0 Å². The van der Waals surface area contributed by atoms with Gasteiger partial charge in [0, 0.05) is 12.1 Å². The molecule has 0 radical (unpaired) electrons. The second-order valence-electron chi connectivity index (χ2n) is 5.17. The molecular formula is C18H18N6O. The van der Waals surface area contributed by atoms with Crippen molar-refractivity contribution in [1.82, 2.24) is 5.32 Å². The van der Waals surface area contributed by atoms with Crippen LogP contribution in [0.2, 0.25) is 0 Å². The number of hydrogen-bond donors (Lipinski definition) is 4. The van der Waals surface area contributed by atoms with Crippen LogP contribution in [0.5, 0.6) is 0 Å². The van der Waals surface area contributed by atoms with Gasteiger partial charge in [0.1, 0.15) is 6.07 Å². The van der Waals surface area contributed by atoms with Crippen LogP contribution in [0.25, 0.3) is 0 Å². The second kappa shape index (κ2) is 8.84. The fraction of sp³-hybridized carbons (Fsp3) is 0.111. The largest absolute Gasteiger partial charge is 0.382 e. The average molecular weight is 334 g/mol. The summed E-state index contributed by atoms with van der Waals surface area (Å²) in [6.07, 6.45) is 0.767. The molecule has 2 aromatic rings. The number of nitrogens with one attached hydrogen (secondary N) is 3. The second-order valence-corrected chi connectivity index (χ2v) is 5.17. The van der Waals surface area contributed by atoms with Gasteiger partial charge in [-0.3, -0.25) is 15.6 Å². The Kier molecular flexibility index (Phi) is 6.25. The number of amides is 1. The van der Waals surface area contributed by atoms with E-state index >= 15 is 0 Å². The van der Waals surface area contributed by atoms with E-state index in [1.54, 1.807) is 30.3 Å². The highest BCUT2D eigenvalue weighted by molar-refractivity contribution is 6.45. The first-order chi connectivity index (χ1) is 12.1. The molecule has 0 atom stereocenters. The molecule has 0 heterocycles. The smallest absolute Gasteiger partial charge is 0.251 e. The zero-order valence-corrected chi connectivity index (χ0v) is 13.5. The summed E-state index contributed by atoms with van der Waals surface area (Å²) in [5.41, 5.74) is 9.88. The topological polar surface area (TPSA) is 127 Å². The molecule has 0 bridgehead atoms. The molecule has 1 amide bonds. The summed E-state index contributed by atoms with van der Waals surface area (Å²) in [6.45, 7) is 0.553. The van der Waals surface area contributed by atoms with Gasteiger partial charge in [-0.25, -0.2) is 0 Å². The van der Waals surface area contributed by atoms with E-state index in [9.17, 15) is 4.79 Å². The van der Waals surface area contributed by atoms with E-state index in [0.717, 1.165) is 6.42 Å². The van der Waals surface area contributed by atoms with Gasteiger partial charge in [0.05, 0.1) is 5.69 Å². The van der Waals surface area contributed by atoms with E-state index in [1.165, 1.54) is 5.56 Å². The Hall–Kier alpha value is -3.66. The van der Waals surface area contributed by atoms with Crippen molar-refractivity contribution in [2.24, 2.45) is 10.8 Å². The molecule has 0 saturated heterocycles. The first-order valence-electron chi connectivity index (χ1n) is 7.60. The Labute approximate surface area is 145 Å². The van der Waals surface area contributed by atoms with Crippen LogP contribution in [0.15, 0.2) is 59.7 Å². The van der Waals surface area contributed by atoms with Gasteiger partial charge in [0.25, 0.3) is 5.91 Å². The minimum Gasteiger partial charge on any atom is -0.382 e. The molecule has 7 heteroatoms. The van der Waals surface area contributed by atoms with Crippen molar-refractivity contribution >= 4 is 23.1 Å². The average Bonchev–Trinajstić information content (AvgIpc) is 2.63. The highest BCUT2D eigenvalue weighted by Gasteiger charge is 2.05. The lowest BCUT2D eigenvalue weighted by atomic mass is 10.1. The Morgan fingerprint density at radius 3 is 2.44 bits per heavy atom. The minimum absolute atomic E-state index is 0.160. The first kappa shape index (κ1) is 17.7. The molecule has 0 aliphatic rings. The van der Waals surface area contributed by atoms with Crippen molar-refractivity contribution in [3.05, 3.63) is 65.7 Å². The SMILES string of the molecule is N#C/C(=N\Nc1ccc(C(=O)NCCc2ccccc2)cc1)C(=N)N. The van der Waals surface area contributed by atoms with Crippen LogP contribution in [0.3, 0.4) is 0 Å². The summed E-state index contributed by atoms with van der Waals surface area (Å²) in [4.78, 5) is 12.1. The molecule has 2 aromatic carbocycles. The van der Waals surface area contributed by atoms with Crippen molar-refractivity contribution in [3.8, 4) is 6.07 Å². The molecule has 126 valence electrons.